The highest BCUT2D eigenvalue weighted by Crippen LogP contribution is 2.30. The fourth-order valence-electron chi connectivity index (χ4n) is 2.80. The van der Waals surface area contributed by atoms with E-state index in [-0.39, 0.29) is 0 Å². The minimum absolute atomic E-state index is 0.471. The van der Waals surface area contributed by atoms with Crippen molar-refractivity contribution < 1.29 is 4.42 Å². The molecular formula is C14H19N5O. The van der Waals surface area contributed by atoms with Gasteiger partial charge in [-0.2, -0.15) is 0 Å². The summed E-state index contributed by atoms with van der Waals surface area (Å²) in [5, 5.41) is 11.4. The first-order valence-corrected chi connectivity index (χ1v) is 7.04. The van der Waals surface area contributed by atoms with E-state index in [0.29, 0.717) is 17.9 Å². The Hall–Kier alpha value is -1.98. The summed E-state index contributed by atoms with van der Waals surface area (Å²) in [6.45, 7) is 3.73. The summed E-state index contributed by atoms with van der Waals surface area (Å²) in [4.78, 5) is 8.49. The molecule has 0 saturated heterocycles. The minimum atomic E-state index is 0.471. The van der Waals surface area contributed by atoms with Gasteiger partial charge in [0.15, 0.2) is 0 Å². The fourth-order valence-corrected chi connectivity index (χ4v) is 2.80. The molecule has 2 aromatic rings. The highest BCUT2D eigenvalue weighted by atomic mass is 16.4. The number of hydrogen-bond donors (Lipinski definition) is 1. The molecule has 6 heteroatoms. The molecule has 0 spiro atoms. The maximum absolute atomic E-state index is 5.45. The van der Waals surface area contributed by atoms with Crippen molar-refractivity contribution in [1.29, 1.82) is 0 Å². The second kappa shape index (κ2) is 5.56. The summed E-state index contributed by atoms with van der Waals surface area (Å²) in [6.07, 6.45) is 6.12. The Bertz CT molecular complexity index is 582. The van der Waals surface area contributed by atoms with Crippen LogP contribution in [0.4, 0.5) is 5.82 Å². The van der Waals surface area contributed by atoms with Gasteiger partial charge in [0, 0.05) is 25.6 Å². The van der Waals surface area contributed by atoms with Crippen molar-refractivity contribution in [3.63, 3.8) is 0 Å². The maximum Gasteiger partial charge on any atom is 0.216 e. The predicted octanol–water partition coefficient (Wildman–Crippen LogP) is 2.30. The van der Waals surface area contributed by atoms with Crippen LogP contribution >= 0.6 is 0 Å². The topological polar surface area (TPSA) is 76.7 Å². The summed E-state index contributed by atoms with van der Waals surface area (Å²) >= 11 is 0. The first kappa shape index (κ1) is 13.0. The molecule has 0 bridgehead atoms. The van der Waals surface area contributed by atoms with Crippen molar-refractivity contribution in [2.24, 2.45) is 5.92 Å². The second-order valence-corrected chi connectivity index (χ2v) is 5.43. The molecule has 20 heavy (non-hydrogen) atoms. The molecule has 6 nitrogen and oxygen atoms in total. The number of nitrogens with zero attached hydrogens (tertiary/aromatic N) is 4. The molecule has 2 heterocycles. The van der Waals surface area contributed by atoms with E-state index in [2.05, 4.69) is 25.5 Å². The number of nitrogens with one attached hydrogen (secondary N) is 1. The Morgan fingerprint density at radius 2 is 2.20 bits per heavy atom. The van der Waals surface area contributed by atoms with Gasteiger partial charge in [0.1, 0.15) is 11.6 Å². The fraction of sp³-hybridized carbons (Fsp3) is 0.571. The van der Waals surface area contributed by atoms with Crippen molar-refractivity contribution in [2.75, 3.05) is 5.32 Å². The molecule has 0 aliphatic heterocycles. The molecule has 2 atom stereocenters. The summed E-state index contributed by atoms with van der Waals surface area (Å²) in [5.41, 5.74) is 0. The predicted molar refractivity (Wildman–Crippen MR) is 74.3 cm³/mol. The lowest BCUT2D eigenvalue weighted by atomic mass is 10.0. The molecule has 0 aromatic carbocycles. The molecule has 0 amide bonds. The Labute approximate surface area is 118 Å². The van der Waals surface area contributed by atoms with E-state index in [1.165, 1.54) is 6.42 Å². The SMILES string of the molecule is Cc1nccc(N[C@H]2CC[C@@H](Cc3nnc(C)o3)C2)n1. The molecule has 1 fully saturated rings. The van der Waals surface area contributed by atoms with Crippen LogP contribution in [-0.2, 0) is 6.42 Å². The van der Waals surface area contributed by atoms with Gasteiger partial charge < -0.3 is 9.73 Å². The van der Waals surface area contributed by atoms with E-state index < -0.39 is 0 Å². The summed E-state index contributed by atoms with van der Waals surface area (Å²) < 4.78 is 5.45. The van der Waals surface area contributed by atoms with E-state index in [1.54, 1.807) is 6.20 Å². The third-order valence-corrected chi connectivity index (χ3v) is 3.70. The molecule has 2 aromatic heterocycles. The smallest absolute Gasteiger partial charge is 0.216 e. The molecule has 3 rings (SSSR count). The van der Waals surface area contributed by atoms with Crippen molar-refractivity contribution in [1.82, 2.24) is 20.2 Å². The Morgan fingerprint density at radius 1 is 1.30 bits per heavy atom. The van der Waals surface area contributed by atoms with Gasteiger partial charge in [0.25, 0.3) is 0 Å². The monoisotopic (exact) mass is 273 g/mol. The third kappa shape index (κ3) is 3.12. The third-order valence-electron chi connectivity index (χ3n) is 3.70. The van der Waals surface area contributed by atoms with Crippen LogP contribution in [0.5, 0.6) is 0 Å². The summed E-state index contributed by atoms with van der Waals surface area (Å²) in [7, 11) is 0. The maximum atomic E-state index is 5.45. The Balaban J connectivity index is 1.54. The molecule has 0 unspecified atom stereocenters. The first-order valence-electron chi connectivity index (χ1n) is 7.04. The van der Waals surface area contributed by atoms with Crippen LogP contribution in [-0.4, -0.2) is 26.2 Å². The molecule has 106 valence electrons. The molecule has 1 N–H and O–H groups in total. The van der Waals surface area contributed by atoms with Crippen LogP contribution < -0.4 is 5.32 Å². The van der Waals surface area contributed by atoms with Gasteiger partial charge in [-0.15, -0.1) is 10.2 Å². The average Bonchev–Trinajstić information content (AvgIpc) is 3.00. The van der Waals surface area contributed by atoms with Crippen LogP contribution in [0.2, 0.25) is 0 Å². The summed E-state index contributed by atoms with van der Waals surface area (Å²) in [6, 6.07) is 2.39. The van der Waals surface area contributed by atoms with Crippen LogP contribution in [0, 0.1) is 19.8 Å². The zero-order valence-electron chi connectivity index (χ0n) is 11.8. The van der Waals surface area contributed by atoms with E-state index >= 15 is 0 Å². The van der Waals surface area contributed by atoms with Crippen molar-refractivity contribution in [3.8, 4) is 0 Å². The van der Waals surface area contributed by atoms with Crippen molar-refractivity contribution >= 4 is 5.82 Å². The van der Waals surface area contributed by atoms with Crippen molar-refractivity contribution in [2.45, 2.75) is 45.6 Å². The molecule has 1 saturated carbocycles. The number of aromatic nitrogens is 4. The van der Waals surface area contributed by atoms with E-state index in [9.17, 15) is 0 Å². The first-order chi connectivity index (χ1) is 9.69. The Kier molecular flexibility index (Phi) is 3.62. The molecule has 1 aliphatic rings. The number of hydrogen-bond acceptors (Lipinski definition) is 6. The highest BCUT2D eigenvalue weighted by Gasteiger charge is 2.26. The highest BCUT2D eigenvalue weighted by molar-refractivity contribution is 5.34. The standard InChI is InChI=1S/C14H19N5O/c1-9-15-6-5-13(16-9)17-12-4-3-11(7-12)8-14-19-18-10(2)20-14/h5-6,11-12H,3-4,7-8H2,1-2H3,(H,15,16,17)/t11-,12+/m1/s1. The van der Waals surface area contributed by atoms with Crippen LogP contribution in [0.3, 0.4) is 0 Å². The van der Waals surface area contributed by atoms with E-state index in [4.69, 9.17) is 4.42 Å². The molecule has 0 radical (unpaired) electrons. The lowest BCUT2D eigenvalue weighted by Crippen LogP contribution is -2.17. The van der Waals surface area contributed by atoms with E-state index in [1.807, 2.05) is 19.9 Å². The van der Waals surface area contributed by atoms with E-state index in [0.717, 1.165) is 36.8 Å². The van der Waals surface area contributed by atoms with Gasteiger partial charge in [0.05, 0.1) is 0 Å². The lowest BCUT2D eigenvalue weighted by Gasteiger charge is -2.13. The quantitative estimate of drug-likeness (QED) is 0.921. The normalized spacial score (nSPS) is 22.1. The van der Waals surface area contributed by atoms with Crippen LogP contribution in [0.1, 0.15) is 36.9 Å². The molecular weight excluding hydrogens is 254 g/mol. The van der Waals surface area contributed by atoms with Crippen LogP contribution in [0.15, 0.2) is 16.7 Å². The number of rotatable bonds is 4. The van der Waals surface area contributed by atoms with Gasteiger partial charge >= 0.3 is 0 Å². The zero-order chi connectivity index (χ0) is 13.9. The average molecular weight is 273 g/mol. The second-order valence-electron chi connectivity index (χ2n) is 5.43. The van der Waals surface area contributed by atoms with Gasteiger partial charge in [-0.3, -0.25) is 0 Å². The molecule has 1 aliphatic carbocycles. The van der Waals surface area contributed by atoms with Gasteiger partial charge in [-0.25, -0.2) is 9.97 Å². The zero-order valence-corrected chi connectivity index (χ0v) is 11.8. The Morgan fingerprint density at radius 3 is 2.95 bits per heavy atom. The van der Waals surface area contributed by atoms with Crippen molar-refractivity contribution in [3.05, 3.63) is 29.9 Å². The van der Waals surface area contributed by atoms with Gasteiger partial charge in [-0.1, -0.05) is 0 Å². The number of aryl methyl sites for hydroxylation is 2. The van der Waals surface area contributed by atoms with Gasteiger partial charge in [0.2, 0.25) is 11.8 Å². The number of anilines is 1. The summed E-state index contributed by atoms with van der Waals surface area (Å²) in [5.74, 6) is 3.72. The largest absolute Gasteiger partial charge is 0.426 e. The lowest BCUT2D eigenvalue weighted by molar-refractivity contribution is 0.416. The van der Waals surface area contributed by atoms with Gasteiger partial charge in [-0.05, 0) is 38.2 Å². The minimum Gasteiger partial charge on any atom is -0.426 e. The van der Waals surface area contributed by atoms with Crippen LogP contribution in [0.25, 0.3) is 0 Å².